The molecule has 1 fully saturated rings. The van der Waals surface area contributed by atoms with Crippen LogP contribution in [-0.2, 0) is 31.7 Å². The second kappa shape index (κ2) is 12.2. The SMILES string of the molecule is O=C(C[S@](=O)CC(=O)N(CC(=O)NC1CCCC1)Cc1ccccc1Cl)Nc1ccc2c(c1)OCO2. The van der Waals surface area contributed by atoms with Crippen LogP contribution in [0.2, 0.25) is 5.02 Å². The van der Waals surface area contributed by atoms with Crippen LogP contribution in [-0.4, -0.2) is 57.7 Å². The number of hydrogen-bond donors (Lipinski definition) is 2. The molecule has 192 valence electrons. The van der Waals surface area contributed by atoms with Crippen molar-refractivity contribution in [3.8, 4) is 11.5 Å². The molecule has 1 aliphatic carbocycles. The van der Waals surface area contributed by atoms with E-state index >= 15 is 0 Å². The summed E-state index contributed by atoms with van der Waals surface area (Å²) in [4.78, 5) is 39.4. The van der Waals surface area contributed by atoms with E-state index in [4.69, 9.17) is 21.1 Å². The molecular weight excluding hydrogens is 506 g/mol. The highest BCUT2D eigenvalue weighted by molar-refractivity contribution is 7.86. The zero-order chi connectivity index (χ0) is 25.5. The molecule has 2 aliphatic rings. The Hall–Kier alpha value is -3.11. The summed E-state index contributed by atoms with van der Waals surface area (Å²) in [5, 5.41) is 6.09. The van der Waals surface area contributed by atoms with Crippen LogP contribution in [0.15, 0.2) is 42.5 Å². The third-order valence-corrected chi connectivity index (χ3v) is 7.48. The van der Waals surface area contributed by atoms with Crippen molar-refractivity contribution in [3.05, 3.63) is 53.1 Å². The Bertz CT molecular complexity index is 1150. The van der Waals surface area contributed by atoms with E-state index in [2.05, 4.69) is 10.6 Å². The number of nitrogens with zero attached hydrogens (tertiary/aromatic N) is 1. The molecule has 36 heavy (non-hydrogen) atoms. The Morgan fingerprint density at radius 3 is 2.53 bits per heavy atom. The van der Waals surface area contributed by atoms with Crippen LogP contribution in [0.4, 0.5) is 5.69 Å². The first-order chi connectivity index (χ1) is 17.4. The van der Waals surface area contributed by atoms with Gasteiger partial charge in [0.15, 0.2) is 11.5 Å². The van der Waals surface area contributed by atoms with E-state index in [0.29, 0.717) is 27.8 Å². The highest BCUT2D eigenvalue weighted by Gasteiger charge is 2.24. The Labute approximate surface area is 216 Å². The van der Waals surface area contributed by atoms with Crippen molar-refractivity contribution < 1.29 is 28.1 Å². The van der Waals surface area contributed by atoms with Crippen molar-refractivity contribution in [3.63, 3.8) is 0 Å². The number of halogens is 1. The van der Waals surface area contributed by atoms with E-state index in [-0.39, 0.29) is 37.6 Å². The average Bonchev–Trinajstić information content (AvgIpc) is 3.51. The number of rotatable bonds is 10. The average molecular weight is 534 g/mol. The second-order valence-electron chi connectivity index (χ2n) is 8.73. The minimum atomic E-state index is -1.78. The van der Waals surface area contributed by atoms with Crippen molar-refractivity contribution in [1.29, 1.82) is 0 Å². The predicted molar refractivity (Wildman–Crippen MR) is 136 cm³/mol. The summed E-state index contributed by atoms with van der Waals surface area (Å²) in [5.74, 6) is -0.937. The molecule has 0 unspecified atom stereocenters. The molecule has 3 amide bonds. The zero-order valence-corrected chi connectivity index (χ0v) is 21.2. The lowest BCUT2D eigenvalue weighted by Gasteiger charge is -2.24. The van der Waals surface area contributed by atoms with Crippen LogP contribution < -0.4 is 20.1 Å². The summed E-state index contributed by atoms with van der Waals surface area (Å²) in [5.41, 5.74) is 1.14. The first-order valence-electron chi connectivity index (χ1n) is 11.7. The maximum absolute atomic E-state index is 13.1. The van der Waals surface area contributed by atoms with Crippen LogP contribution >= 0.6 is 11.6 Å². The Morgan fingerprint density at radius 1 is 1.00 bits per heavy atom. The van der Waals surface area contributed by atoms with Gasteiger partial charge in [-0.2, -0.15) is 0 Å². The number of amides is 3. The molecule has 0 spiro atoms. The molecule has 2 N–H and O–H groups in total. The highest BCUT2D eigenvalue weighted by Crippen LogP contribution is 2.34. The van der Waals surface area contributed by atoms with Crippen molar-refractivity contribution >= 4 is 45.8 Å². The van der Waals surface area contributed by atoms with Crippen LogP contribution in [0, 0.1) is 0 Å². The van der Waals surface area contributed by atoms with Crippen LogP contribution in [0.1, 0.15) is 31.2 Å². The molecule has 1 saturated carbocycles. The van der Waals surface area contributed by atoms with Gasteiger partial charge in [0.05, 0.1) is 6.54 Å². The maximum atomic E-state index is 13.1. The second-order valence-corrected chi connectivity index (χ2v) is 10.6. The van der Waals surface area contributed by atoms with Gasteiger partial charge in [-0.25, -0.2) is 0 Å². The summed E-state index contributed by atoms with van der Waals surface area (Å²) in [6, 6.07) is 12.1. The summed E-state index contributed by atoms with van der Waals surface area (Å²) in [6.45, 7) is 0.0283. The Morgan fingerprint density at radius 2 is 1.75 bits per heavy atom. The number of anilines is 1. The molecule has 0 saturated heterocycles. The van der Waals surface area contributed by atoms with Gasteiger partial charge in [-0.05, 0) is 36.6 Å². The van der Waals surface area contributed by atoms with Crippen LogP contribution in [0.3, 0.4) is 0 Å². The van der Waals surface area contributed by atoms with Crippen LogP contribution in [0.25, 0.3) is 0 Å². The lowest BCUT2D eigenvalue weighted by Crippen LogP contribution is -2.44. The van der Waals surface area contributed by atoms with E-state index < -0.39 is 28.4 Å². The molecule has 1 heterocycles. The smallest absolute Gasteiger partial charge is 0.239 e. The fraction of sp³-hybridized carbons (Fsp3) is 0.400. The van der Waals surface area contributed by atoms with Gasteiger partial charge in [0.25, 0.3) is 0 Å². The van der Waals surface area contributed by atoms with Gasteiger partial charge < -0.3 is 25.0 Å². The first-order valence-corrected chi connectivity index (χ1v) is 13.6. The van der Waals surface area contributed by atoms with Crippen molar-refractivity contribution in [2.75, 3.05) is 30.2 Å². The number of carbonyl (C=O) groups is 3. The maximum Gasteiger partial charge on any atom is 0.239 e. The van der Waals surface area contributed by atoms with Gasteiger partial charge in [-0.15, -0.1) is 0 Å². The van der Waals surface area contributed by atoms with E-state index in [1.54, 1.807) is 42.5 Å². The number of ether oxygens (including phenoxy) is 2. The van der Waals surface area contributed by atoms with E-state index in [0.717, 1.165) is 25.7 Å². The van der Waals surface area contributed by atoms with Crippen molar-refractivity contribution in [2.45, 2.75) is 38.3 Å². The standard InChI is InChI=1S/C25H28ClN3O6S/c26-20-8-4-1-5-17(20)12-29(13-23(30)27-18-6-2-3-7-18)25(32)15-36(33)14-24(31)28-19-9-10-21-22(11-19)35-16-34-21/h1,4-5,8-11,18H,2-3,6-7,12-16H2,(H,27,30)(H,28,31)/t36-/m0/s1. The molecule has 2 aromatic rings. The van der Waals surface area contributed by atoms with Gasteiger partial charge in [-0.1, -0.05) is 42.6 Å². The molecule has 1 atom stereocenters. The number of hydrogen-bond acceptors (Lipinski definition) is 6. The molecule has 0 bridgehead atoms. The molecule has 2 aromatic carbocycles. The van der Waals surface area contributed by atoms with Gasteiger partial charge in [0, 0.05) is 40.2 Å². The lowest BCUT2D eigenvalue weighted by atomic mass is 10.2. The van der Waals surface area contributed by atoms with E-state index in [1.165, 1.54) is 4.90 Å². The summed E-state index contributed by atoms with van der Waals surface area (Å²) in [7, 11) is -1.78. The highest BCUT2D eigenvalue weighted by atomic mass is 35.5. The van der Waals surface area contributed by atoms with Crippen LogP contribution in [0.5, 0.6) is 11.5 Å². The van der Waals surface area contributed by atoms with Crippen molar-refractivity contribution in [2.24, 2.45) is 0 Å². The van der Waals surface area contributed by atoms with Gasteiger partial charge in [-0.3, -0.25) is 18.6 Å². The molecule has 1 aliphatic heterocycles. The van der Waals surface area contributed by atoms with E-state index in [1.807, 2.05) is 0 Å². The molecule has 9 nitrogen and oxygen atoms in total. The lowest BCUT2D eigenvalue weighted by molar-refractivity contribution is -0.134. The quantitative estimate of drug-likeness (QED) is 0.485. The predicted octanol–water partition coefficient (Wildman–Crippen LogP) is 2.84. The number of benzene rings is 2. The third-order valence-electron chi connectivity index (χ3n) is 5.96. The minimum Gasteiger partial charge on any atom is -0.454 e. The third kappa shape index (κ3) is 7.20. The Kier molecular flexibility index (Phi) is 8.82. The topological polar surface area (TPSA) is 114 Å². The van der Waals surface area contributed by atoms with Crippen molar-refractivity contribution in [1.82, 2.24) is 10.2 Å². The fourth-order valence-electron chi connectivity index (χ4n) is 4.18. The molecule has 0 aromatic heterocycles. The first kappa shape index (κ1) is 26.0. The summed E-state index contributed by atoms with van der Waals surface area (Å²) < 4.78 is 23.2. The molecule has 0 radical (unpaired) electrons. The van der Waals surface area contributed by atoms with Gasteiger partial charge in [0.2, 0.25) is 24.5 Å². The Balaban J connectivity index is 1.34. The number of nitrogens with one attached hydrogen (secondary N) is 2. The normalized spacial score (nSPS) is 15.4. The molecule has 4 rings (SSSR count). The minimum absolute atomic E-state index is 0.0944. The molecular formula is C25H28ClN3O6S. The van der Waals surface area contributed by atoms with Gasteiger partial charge >= 0.3 is 0 Å². The summed E-state index contributed by atoms with van der Waals surface area (Å²) in [6.07, 6.45) is 3.99. The van der Waals surface area contributed by atoms with E-state index in [9.17, 15) is 18.6 Å². The largest absolute Gasteiger partial charge is 0.454 e. The fourth-order valence-corrected chi connectivity index (χ4v) is 5.30. The monoisotopic (exact) mass is 533 g/mol. The molecule has 11 heteroatoms. The number of fused-ring (bicyclic) bond motifs is 1. The zero-order valence-electron chi connectivity index (χ0n) is 19.7. The van der Waals surface area contributed by atoms with Gasteiger partial charge in [0.1, 0.15) is 11.5 Å². The number of carbonyl (C=O) groups excluding carboxylic acids is 3. The summed E-state index contributed by atoms with van der Waals surface area (Å²) >= 11 is 6.27.